The first-order valence-corrected chi connectivity index (χ1v) is 9.86. The second-order valence-corrected chi connectivity index (χ2v) is 7.31. The van der Waals surface area contributed by atoms with Gasteiger partial charge in [-0.25, -0.2) is 0 Å². The molecule has 0 saturated carbocycles. The zero-order valence-corrected chi connectivity index (χ0v) is 15.8. The minimum absolute atomic E-state index is 0.145. The molecule has 1 heterocycles. The second kappa shape index (κ2) is 9.00. The van der Waals surface area contributed by atoms with Crippen LogP contribution in [0, 0.1) is 0 Å². The fourth-order valence-corrected chi connectivity index (χ4v) is 4.06. The molecule has 26 heavy (non-hydrogen) atoms. The summed E-state index contributed by atoms with van der Waals surface area (Å²) in [5.41, 5.74) is 1.97. The number of rotatable bonds is 7. The van der Waals surface area contributed by atoms with Gasteiger partial charge in [0.2, 0.25) is 0 Å². The van der Waals surface area contributed by atoms with Gasteiger partial charge < -0.3 is 9.22 Å². The molecule has 0 radical (unpaired) electrons. The summed E-state index contributed by atoms with van der Waals surface area (Å²) in [4.78, 5) is 12.9. The molecule has 3 heteroatoms. The van der Waals surface area contributed by atoms with Crippen molar-refractivity contribution in [3.8, 4) is 0 Å². The highest BCUT2D eigenvalue weighted by Crippen LogP contribution is 2.26. The first-order chi connectivity index (χ1) is 12.7. The first-order valence-electron chi connectivity index (χ1n) is 9.86. The number of likely N-dealkylation sites (tertiary alicyclic amines) is 1. The van der Waals surface area contributed by atoms with Gasteiger partial charge in [-0.2, -0.15) is 0 Å². The van der Waals surface area contributed by atoms with Gasteiger partial charge in [0.05, 0.1) is 19.6 Å². The number of nitrogens with zero attached hydrogens (tertiary/aromatic N) is 1. The van der Waals surface area contributed by atoms with E-state index in [2.05, 4.69) is 6.92 Å². The first kappa shape index (κ1) is 18.7. The molecule has 0 unspecified atom stereocenters. The molecule has 0 bridgehead atoms. The maximum Gasteiger partial charge on any atom is 0.318 e. The van der Waals surface area contributed by atoms with E-state index in [0.717, 1.165) is 28.7 Å². The zero-order chi connectivity index (χ0) is 18.2. The van der Waals surface area contributed by atoms with Crippen molar-refractivity contribution in [3.05, 3.63) is 71.8 Å². The van der Waals surface area contributed by atoms with E-state index in [1.54, 1.807) is 0 Å². The number of quaternary nitrogens is 1. The molecule has 3 rings (SSSR count). The molecular weight excluding hydrogens is 322 g/mol. The monoisotopic (exact) mass is 352 g/mol. The summed E-state index contributed by atoms with van der Waals surface area (Å²) in [6.07, 6.45) is 3.92. The molecule has 3 nitrogen and oxygen atoms in total. The van der Waals surface area contributed by atoms with E-state index >= 15 is 0 Å². The third-order valence-corrected chi connectivity index (χ3v) is 5.75. The lowest BCUT2D eigenvalue weighted by Gasteiger charge is -2.40. The summed E-state index contributed by atoms with van der Waals surface area (Å²) in [6.45, 7) is 7.24. The van der Waals surface area contributed by atoms with Crippen molar-refractivity contribution in [3.63, 3.8) is 0 Å². The number of hydrogen-bond donors (Lipinski definition) is 0. The maximum absolute atomic E-state index is 12.9. The van der Waals surface area contributed by atoms with Crippen LogP contribution in [0.25, 0.3) is 0 Å². The minimum Gasteiger partial charge on any atom is -0.459 e. The predicted molar refractivity (Wildman–Crippen MR) is 105 cm³/mol. The van der Waals surface area contributed by atoms with Crippen LogP contribution in [0.1, 0.15) is 43.2 Å². The van der Waals surface area contributed by atoms with Crippen LogP contribution in [0.4, 0.5) is 0 Å². The lowest BCUT2D eigenvalue weighted by atomic mass is 9.91. The van der Waals surface area contributed by atoms with E-state index in [1.807, 2.05) is 60.7 Å². The molecule has 2 aromatic carbocycles. The SMILES string of the molecule is CC[N+]1(CCOC(=O)C(c2ccccc2)c2ccccc2)CCCCC1. The highest BCUT2D eigenvalue weighted by atomic mass is 16.5. The van der Waals surface area contributed by atoms with Gasteiger partial charge in [0.25, 0.3) is 0 Å². The van der Waals surface area contributed by atoms with Crippen LogP contribution in [0.3, 0.4) is 0 Å². The van der Waals surface area contributed by atoms with Crippen molar-refractivity contribution < 1.29 is 14.0 Å². The van der Waals surface area contributed by atoms with E-state index < -0.39 is 0 Å². The summed E-state index contributed by atoms with van der Waals surface area (Å²) in [6, 6.07) is 19.9. The van der Waals surface area contributed by atoms with E-state index in [1.165, 1.54) is 32.4 Å². The normalized spacial score (nSPS) is 16.4. The number of carbonyl (C=O) groups is 1. The van der Waals surface area contributed by atoms with Gasteiger partial charge in [0, 0.05) is 0 Å². The number of likely N-dealkylation sites (N-methyl/N-ethyl adjacent to an activating group) is 1. The Hall–Kier alpha value is -2.13. The standard InChI is InChI=1S/C23H30NO2/c1-2-24(16-10-5-11-17-24)18-19-26-23(25)22(20-12-6-3-7-13-20)21-14-8-4-9-15-21/h3-4,6-9,12-15,22H,2,5,10-11,16-19H2,1H3/q+1. The largest absolute Gasteiger partial charge is 0.459 e. The molecule has 1 aliphatic heterocycles. The second-order valence-electron chi connectivity index (χ2n) is 7.31. The Morgan fingerprint density at radius 1 is 0.923 bits per heavy atom. The van der Waals surface area contributed by atoms with Crippen molar-refractivity contribution in [2.75, 3.05) is 32.8 Å². The molecule has 0 spiro atoms. The molecule has 138 valence electrons. The fourth-order valence-electron chi connectivity index (χ4n) is 4.06. The van der Waals surface area contributed by atoms with Crippen LogP contribution in [0.2, 0.25) is 0 Å². The van der Waals surface area contributed by atoms with E-state index in [9.17, 15) is 4.79 Å². The molecule has 1 aliphatic rings. The Bertz CT molecular complexity index is 638. The molecule has 1 saturated heterocycles. The van der Waals surface area contributed by atoms with Gasteiger partial charge in [0.15, 0.2) is 0 Å². The lowest BCUT2D eigenvalue weighted by molar-refractivity contribution is -0.930. The van der Waals surface area contributed by atoms with E-state index in [4.69, 9.17) is 4.74 Å². The summed E-state index contributed by atoms with van der Waals surface area (Å²) in [7, 11) is 0. The highest BCUT2D eigenvalue weighted by Gasteiger charge is 2.29. The average Bonchev–Trinajstić information content (AvgIpc) is 2.70. The summed E-state index contributed by atoms with van der Waals surface area (Å²) >= 11 is 0. The summed E-state index contributed by atoms with van der Waals surface area (Å²) < 4.78 is 6.88. The number of carbonyl (C=O) groups excluding carboxylic acids is 1. The molecule has 0 atom stereocenters. The molecule has 0 amide bonds. The van der Waals surface area contributed by atoms with Crippen molar-refractivity contribution in [2.45, 2.75) is 32.1 Å². The smallest absolute Gasteiger partial charge is 0.318 e. The molecular formula is C23H30NO2+. The van der Waals surface area contributed by atoms with Gasteiger partial charge in [-0.1, -0.05) is 60.7 Å². The average molecular weight is 352 g/mol. The minimum atomic E-state index is -0.353. The van der Waals surface area contributed by atoms with Crippen LogP contribution in [-0.4, -0.2) is 43.2 Å². The molecule has 0 aromatic heterocycles. The van der Waals surface area contributed by atoms with Gasteiger partial charge >= 0.3 is 5.97 Å². The number of ether oxygens (including phenoxy) is 1. The predicted octanol–water partition coefficient (Wildman–Crippen LogP) is 4.38. The molecule has 0 aliphatic carbocycles. The topological polar surface area (TPSA) is 26.3 Å². The van der Waals surface area contributed by atoms with Crippen LogP contribution < -0.4 is 0 Å². The Kier molecular flexibility index (Phi) is 6.45. The van der Waals surface area contributed by atoms with Gasteiger partial charge in [-0.05, 0) is 37.3 Å². The Balaban J connectivity index is 1.68. The Labute approximate surface area is 157 Å². The zero-order valence-electron chi connectivity index (χ0n) is 15.8. The van der Waals surface area contributed by atoms with Crippen molar-refractivity contribution >= 4 is 5.97 Å². The van der Waals surface area contributed by atoms with Gasteiger partial charge in [-0.15, -0.1) is 0 Å². The number of hydrogen-bond acceptors (Lipinski definition) is 2. The third kappa shape index (κ3) is 4.53. The summed E-state index contributed by atoms with van der Waals surface area (Å²) in [5.74, 6) is -0.498. The van der Waals surface area contributed by atoms with Crippen LogP contribution in [0.5, 0.6) is 0 Å². The lowest BCUT2D eigenvalue weighted by Crippen LogP contribution is -2.53. The van der Waals surface area contributed by atoms with Gasteiger partial charge in [-0.3, -0.25) is 4.79 Å². The molecule has 0 N–H and O–H groups in total. The van der Waals surface area contributed by atoms with Crippen LogP contribution in [0.15, 0.2) is 60.7 Å². The Morgan fingerprint density at radius 2 is 1.46 bits per heavy atom. The molecule has 1 fully saturated rings. The van der Waals surface area contributed by atoms with Crippen LogP contribution >= 0.6 is 0 Å². The van der Waals surface area contributed by atoms with Crippen molar-refractivity contribution in [1.29, 1.82) is 0 Å². The highest BCUT2D eigenvalue weighted by molar-refractivity contribution is 5.82. The van der Waals surface area contributed by atoms with Crippen LogP contribution in [-0.2, 0) is 9.53 Å². The fraction of sp³-hybridized carbons (Fsp3) is 0.435. The van der Waals surface area contributed by atoms with E-state index in [-0.39, 0.29) is 11.9 Å². The van der Waals surface area contributed by atoms with Crippen molar-refractivity contribution in [1.82, 2.24) is 0 Å². The van der Waals surface area contributed by atoms with E-state index in [0.29, 0.717) is 6.61 Å². The quantitative estimate of drug-likeness (QED) is 0.546. The summed E-state index contributed by atoms with van der Waals surface area (Å²) in [5, 5.41) is 0. The van der Waals surface area contributed by atoms with Gasteiger partial charge in [0.1, 0.15) is 19.1 Å². The Morgan fingerprint density at radius 3 is 1.96 bits per heavy atom. The number of benzene rings is 2. The number of piperidine rings is 1. The number of esters is 1. The maximum atomic E-state index is 12.9. The third-order valence-electron chi connectivity index (χ3n) is 5.75. The van der Waals surface area contributed by atoms with Crippen molar-refractivity contribution in [2.24, 2.45) is 0 Å². The molecule has 2 aromatic rings.